The second-order valence-corrected chi connectivity index (χ2v) is 12.6. The number of hydrogen-bond acceptors (Lipinski definition) is 5. The fourth-order valence-electron chi connectivity index (χ4n) is 6.93. The van der Waals surface area contributed by atoms with Gasteiger partial charge in [0.05, 0.1) is 39.1 Å². The predicted molar refractivity (Wildman–Crippen MR) is 205 cm³/mol. The molecule has 0 bridgehead atoms. The van der Waals surface area contributed by atoms with E-state index in [-0.39, 0.29) is 0 Å². The van der Waals surface area contributed by atoms with Crippen LogP contribution in [-0.4, -0.2) is 24.9 Å². The molecule has 5 aromatic heterocycles. The quantitative estimate of drug-likeness (QED) is 0.180. The molecule has 5 heterocycles. The molecule has 232 valence electrons. The highest BCUT2D eigenvalue weighted by molar-refractivity contribution is 6.03. The highest BCUT2D eigenvalue weighted by Crippen LogP contribution is 2.32. The molecule has 0 saturated heterocycles. The third kappa shape index (κ3) is 4.83. The van der Waals surface area contributed by atoms with Crippen molar-refractivity contribution in [1.29, 1.82) is 0 Å². The minimum absolute atomic E-state index is 0.918. The molecule has 0 aliphatic rings. The van der Waals surface area contributed by atoms with E-state index >= 15 is 0 Å². The molecule has 5 nitrogen and oxygen atoms in total. The molecule has 5 aromatic carbocycles. The number of fused-ring (bicyclic) bond motifs is 6. The van der Waals surface area contributed by atoms with Crippen LogP contribution >= 0.6 is 0 Å². The Balaban J connectivity index is 0.946. The Morgan fingerprint density at radius 1 is 0.360 bits per heavy atom. The van der Waals surface area contributed by atoms with Crippen LogP contribution in [0.25, 0.3) is 99.3 Å². The van der Waals surface area contributed by atoms with Crippen LogP contribution < -0.4 is 0 Å². The van der Waals surface area contributed by atoms with Gasteiger partial charge >= 0.3 is 0 Å². The van der Waals surface area contributed by atoms with E-state index < -0.39 is 0 Å². The van der Waals surface area contributed by atoms with E-state index in [0.717, 1.165) is 99.3 Å². The van der Waals surface area contributed by atoms with Crippen molar-refractivity contribution in [2.45, 2.75) is 0 Å². The van der Waals surface area contributed by atoms with Gasteiger partial charge in [0.15, 0.2) is 0 Å². The molecule has 0 radical (unpaired) electrons. The summed E-state index contributed by atoms with van der Waals surface area (Å²) < 4.78 is 0. The Labute approximate surface area is 287 Å². The van der Waals surface area contributed by atoms with Gasteiger partial charge < -0.3 is 0 Å². The Hall–Kier alpha value is -6.85. The van der Waals surface area contributed by atoms with Gasteiger partial charge in [0.25, 0.3) is 0 Å². The minimum Gasteiger partial charge on any atom is -0.263 e. The fourth-order valence-corrected chi connectivity index (χ4v) is 6.93. The van der Waals surface area contributed by atoms with Crippen molar-refractivity contribution in [3.05, 3.63) is 164 Å². The van der Waals surface area contributed by atoms with Crippen LogP contribution in [0, 0.1) is 0 Å². The number of aromatic nitrogens is 5. The molecule has 0 spiro atoms. The highest BCUT2D eigenvalue weighted by atomic mass is 14.8. The Bertz CT molecular complexity index is 2930. The molecule has 0 unspecified atom stereocenters. The van der Waals surface area contributed by atoms with Gasteiger partial charge in [0.2, 0.25) is 0 Å². The summed E-state index contributed by atoms with van der Waals surface area (Å²) >= 11 is 0. The van der Waals surface area contributed by atoms with Gasteiger partial charge in [-0.1, -0.05) is 103 Å². The lowest BCUT2D eigenvalue weighted by Crippen LogP contribution is -1.90. The number of nitrogens with zero attached hydrogens (tertiary/aromatic N) is 5. The van der Waals surface area contributed by atoms with E-state index in [9.17, 15) is 0 Å². The molecule has 0 aliphatic carbocycles. The smallest absolute Gasteiger partial charge is 0.0972 e. The molecule has 0 fully saturated rings. The SMILES string of the molecule is c1ccc2c(-c3ccc4ccc(-c5ccc6nc(-c7ccc(-c8ccc9ccc%10cccnc%10c9n8)cc7)ccc6c5)cc4n3)cncc2c1. The van der Waals surface area contributed by atoms with Crippen LogP contribution in [0.4, 0.5) is 0 Å². The summed E-state index contributed by atoms with van der Waals surface area (Å²) in [5.74, 6) is 0. The lowest BCUT2D eigenvalue weighted by molar-refractivity contribution is 1.33. The summed E-state index contributed by atoms with van der Waals surface area (Å²) in [5, 5.41) is 6.62. The summed E-state index contributed by atoms with van der Waals surface area (Å²) in [6.07, 6.45) is 5.63. The first kappa shape index (κ1) is 28.2. The van der Waals surface area contributed by atoms with Crippen molar-refractivity contribution in [2.24, 2.45) is 0 Å². The van der Waals surface area contributed by atoms with Gasteiger partial charge in [-0.3, -0.25) is 9.97 Å². The molecule has 0 saturated carbocycles. The summed E-state index contributed by atoms with van der Waals surface area (Å²) in [5.41, 5.74) is 11.9. The molecule has 0 aliphatic heterocycles. The number of pyridine rings is 5. The maximum atomic E-state index is 5.08. The standard InChI is InChI=1S/C45H27N5/c1-2-6-37-36(4-1)26-46-27-38(37)42-22-15-30-11-14-34(25-43(30)49-42)33-17-20-41-35(24-33)18-21-39(48-41)28-7-9-29(10-8-28)40-19-16-32-13-12-31-5-3-23-47-44(31)45(32)50-40/h1-27H. The third-order valence-electron chi connectivity index (χ3n) is 9.57. The first-order valence-corrected chi connectivity index (χ1v) is 16.6. The molecular formula is C45H27N5. The van der Waals surface area contributed by atoms with E-state index in [2.05, 4.69) is 143 Å². The normalized spacial score (nSPS) is 11.6. The van der Waals surface area contributed by atoms with E-state index in [1.54, 1.807) is 0 Å². The maximum Gasteiger partial charge on any atom is 0.0972 e. The van der Waals surface area contributed by atoms with Gasteiger partial charge in [-0.2, -0.15) is 0 Å². The molecule has 0 amide bonds. The average molecular weight is 638 g/mol. The highest BCUT2D eigenvalue weighted by Gasteiger charge is 2.11. The van der Waals surface area contributed by atoms with E-state index in [1.807, 2.05) is 30.7 Å². The topological polar surface area (TPSA) is 64.5 Å². The number of hydrogen-bond donors (Lipinski definition) is 0. The van der Waals surface area contributed by atoms with Crippen LogP contribution in [0.2, 0.25) is 0 Å². The molecule has 5 heteroatoms. The molecule has 10 aromatic rings. The van der Waals surface area contributed by atoms with Gasteiger partial charge in [-0.15, -0.1) is 0 Å². The lowest BCUT2D eigenvalue weighted by Gasteiger charge is -2.10. The molecular weight excluding hydrogens is 611 g/mol. The maximum absolute atomic E-state index is 5.08. The molecule has 0 N–H and O–H groups in total. The summed E-state index contributed by atoms with van der Waals surface area (Å²) in [7, 11) is 0. The van der Waals surface area contributed by atoms with Crippen molar-refractivity contribution in [3.8, 4) is 44.9 Å². The van der Waals surface area contributed by atoms with Crippen LogP contribution in [0.1, 0.15) is 0 Å². The van der Waals surface area contributed by atoms with Gasteiger partial charge in [-0.05, 0) is 59.0 Å². The zero-order valence-corrected chi connectivity index (χ0v) is 26.8. The van der Waals surface area contributed by atoms with Crippen molar-refractivity contribution in [2.75, 3.05) is 0 Å². The van der Waals surface area contributed by atoms with Gasteiger partial charge in [0, 0.05) is 62.2 Å². The van der Waals surface area contributed by atoms with Gasteiger partial charge in [-0.25, -0.2) is 15.0 Å². The van der Waals surface area contributed by atoms with E-state index in [4.69, 9.17) is 15.0 Å². The number of rotatable bonds is 4. The van der Waals surface area contributed by atoms with Crippen LogP contribution in [0.5, 0.6) is 0 Å². The Kier molecular flexibility index (Phi) is 6.42. The summed E-state index contributed by atoms with van der Waals surface area (Å²) in [4.78, 5) is 24.2. The molecule has 0 atom stereocenters. The predicted octanol–water partition coefficient (Wildman–Crippen LogP) is 11.1. The monoisotopic (exact) mass is 637 g/mol. The van der Waals surface area contributed by atoms with Gasteiger partial charge in [0.1, 0.15) is 0 Å². The lowest BCUT2D eigenvalue weighted by atomic mass is 10.00. The first-order chi connectivity index (χ1) is 24.7. The largest absolute Gasteiger partial charge is 0.263 e. The van der Waals surface area contributed by atoms with Crippen molar-refractivity contribution in [1.82, 2.24) is 24.9 Å². The fraction of sp³-hybridized carbons (Fsp3) is 0. The second-order valence-electron chi connectivity index (χ2n) is 12.6. The summed E-state index contributed by atoms with van der Waals surface area (Å²) in [6, 6.07) is 50.6. The van der Waals surface area contributed by atoms with Crippen molar-refractivity contribution >= 4 is 54.4 Å². The zero-order valence-electron chi connectivity index (χ0n) is 26.8. The van der Waals surface area contributed by atoms with E-state index in [0.29, 0.717) is 0 Å². The van der Waals surface area contributed by atoms with Crippen LogP contribution in [0.3, 0.4) is 0 Å². The van der Waals surface area contributed by atoms with E-state index in [1.165, 1.54) is 0 Å². The molecule has 50 heavy (non-hydrogen) atoms. The molecule has 10 rings (SSSR count). The Morgan fingerprint density at radius 3 is 1.86 bits per heavy atom. The average Bonchev–Trinajstić information content (AvgIpc) is 3.19. The van der Waals surface area contributed by atoms with Crippen LogP contribution in [0.15, 0.2) is 164 Å². The zero-order chi connectivity index (χ0) is 33.0. The van der Waals surface area contributed by atoms with Crippen molar-refractivity contribution < 1.29 is 0 Å². The van der Waals surface area contributed by atoms with Crippen molar-refractivity contribution in [3.63, 3.8) is 0 Å². The minimum atomic E-state index is 0.918. The first-order valence-electron chi connectivity index (χ1n) is 16.6. The summed E-state index contributed by atoms with van der Waals surface area (Å²) in [6.45, 7) is 0. The second kappa shape index (κ2) is 11.4. The Morgan fingerprint density at radius 2 is 0.980 bits per heavy atom. The number of benzene rings is 5. The third-order valence-corrected chi connectivity index (χ3v) is 9.57. The van der Waals surface area contributed by atoms with Crippen LogP contribution in [-0.2, 0) is 0 Å².